The zero-order valence-corrected chi connectivity index (χ0v) is 10.1. The fourth-order valence-corrected chi connectivity index (χ4v) is 3.00. The molecule has 0 radical (unpaired) electrons. The van der Waals surface area contributed by atoms with E-state index in [2.05, 4.69) is 27.0 Å². The summed E-state index contributed by atoms with van der Waals surface area (Å²) in [6, 6.07) is 0.498. The van der Waals surface area contributed by atoms with Gasteiger partial charge in [0.15, 0.2) is 5.82 Å². The van der Waals surface area contributed by atoms with Crippen LogP contribution in [0.3, 0.4) is 0 Å². The lowest BCUT2D eigenvalue weighted by Gasteiger charge is -2.19. The van der Waals surface area contributed by atoms with Crippen molar-refractivity contribution in [2.24, 2.45) is 5.84 Å². The van der Waals surface area contributed by atoms with E-state index in [0.717, 1.165) is 5.82 Å². The largest absolute Gasteiger partial charge is 0.365 e. The first-order valence-corrected chi connectivity index (χ1v) is 6.70. The van der Waals surface area contributed by atoms with Gasteiger partial charge in [0.25, 0.3) is 0 Å². The van der Waals surface area contributed by atoms with Gasteiger partial charge in [-0.2, -0.15) is 11.8 Å². The van der Waals surface area contributed by atoms with Gasteiger partial charge in [0.2, 0.25) is 0 Å². The van der Waals surface area contributed by atoms with Gasteiger partial charge in [0.1, 0.15) is 5.82 Å². The van der Waals surface area contributed by atoms with Crippen molar-refractivity contribution in [1.29, 1.82) is 0 Å². The van der Waals surface area contributed by atoms with Crippen molar-refractivity contribution >= 4 is 23.4 Å². The number of hydrazine groups is 1. The van der Waals surface area contributed by atoms with E-state index < -0.39 is 0 Å². The van der Waals surface area contributed by atoms with Gasteiger partial charge in [-0.05, 0) is 19.1 Å². The molecule has 0 spiro atoms. The number of aromatic nitrogens is 2. The first-order valence-electron chi connectivity index (χ1n) is 5.41. The number of thioether (sulfide) groups is 1. The number of rotatable bonds is 4. The molecule has 0 saturated heterocycles. The van der Waals surface area contributed by atoms with E-state index in [-0.39, 0.29) is 0 Å². The van der Waals surface area contributed by atoms with Crippen molar-refractivity contribution in [3.63, 3.8) is 0 Å². The Kier molecular flexibility index (Phi) is 3.84. The van der Waals surface area contributed by atoms with Crippen LogP contribution in [0.5, 0.6) is 0 Å². The molecule has 2 atom stereocenters. The standard InChI is InChI=1S/C10H17N5S/c1-16-8-4-2-3-7(8)13-9-5-12-6-10(14-9)15-11/h5-8H,2-4,11H2,1H3,(H2,13,14,15). The molecule has 88 valence electrons. The molecule has 5 nitrogen and oxygen atoms in total. The van der Waals surface area contributed by atoms with Gasteiger partial charge < -0.3 is 10.7 Å². The lowest BCUT2D eigenvalue weighted by Crippen LogP contribution is -2.26. The van der Waals surface area contributed by atoms with Crippen LogP contribution >= 0.6 is 11.8 Å². The van der Waals surface area contributed by atoms with E-state index in [0.29, 0.717) is 17.1 Å². The molecule has 2 rings (SSSR count). The number of nitrogen functional groups attached to an aromatic ring is 1. The Morgan fingerprint density at radius 3 is 2.94 bits per heavy atom. The molecule has 1 heterocycles. The van der Waals surface area contributed by atoms with E-state index in [1.807, 2.05) is 11.8 Å². The highest BCUT2D eigenvalue weighted by atomic mass is 32.2. The Balaban J connectivity index is 2.02. The molecule has 1 aliphatic rings. The molecular weight excluding hydrogens is 222 g/mol. The van der Waals surface area contributed by atoms with Crippen LogP contribution in [0.2, 0.25) is 0 Å². The van der Waals surface area contributed by atoms with Crippen LogP contribution in [0.15, 0.2) is 12.4 Å². The van der Waals surface area contributed by atoms with E-state index in [1.165, 1.54) is 19.3 Å². The predicted octanol–water partition coefficient (Wildman–Crippen LogP) is 1.46. The zero-order valence-electron chi connectivity index (χ0n) is 9.31. The van der Waals surface area contributed by atoms with Crippen molar-refractivity contribution in [3.8, 4) is 0 Å². The van der Waals surface area contributed by atoms with Gasteiger partial charge in [-0.25, -0.2) is 10.8 Å². The van der Waals surface area contributed by atoms with Gasteiger partial charge in [-0.3, -0.25) is 4.98 Å². The number of nitrogens with two attached hydrogens (primary N) is 1. The van der Waals surface area contributed by atoms with Gasteiger partial charge in [0.05, 0.1) is 12.4 Å². The molecule has 1 aromatic heterocycles. The normalized spacial score (nSPS) is 24.4. The predicted molar refractivity (Wildman–Crippen MR) is 68.4 cm³/mol. The number of nitrogens with zero attached hydrogens (tertiary/aromatic N) is 2. The SMILES string of the molecule is CSC1CCCC1Nc1cncc(NN)n1. The van der Waals surface area contributed by atoms with Crippen molar-refractivity contribution in [2.75, 3.05) is 17.0 Å². The quantitative estimate of drug-likeness (QED) is 0.545. The van der Waals surface area contributed by atoms with Crippen LogP contribution in [0.25, 0.3) is 0 Å². The van der Waals surface area contributed by atoms with Crippen molar-refractivity contribution < 1.29 is 0 Å². The van der Waals surface area contributed by atoms with E-state index >= 15 is 0 Å². The second kappa shape index (κ2) is 5.36. The second-order valence-corrected chi connectivity index (χ2v) is 4.97. The fraction of sp³-hybridized carbons (Fsp3) is 0.600. The summed E-state index contributed by atoms with van der Waals surface area (Å²) in [6.45, 7) is 0. The third kappa shape index (κ3) is 2.56. The van der Waals surface area contributed by atoms with Gasteiger partial charge in [-0.15, -0.1) is 0 Å². The summed E-state index contributed by atoms with van der Waals surface area (Å²) in [7, 11) is 0. The third-order valence-corrected chi connectivity index (χ3v) is 4.04. The van der Waals surface area contributed by atoms with Crippen LogP contribution < -0.4 is 16.6 Å². The molecule has 1 saturated carbocycles. The summed E-state index contributed by atoms with van der Waals surface area (Å²) in [4.78, 5) is 8.38. The lowest BCUT2D eigenvalue weighted by atomic mass is 10.2. The van der Waals surface area contributed by atoms with E-state index in [4.69, 9.17) is 5.84 Å². The first-order chi connectivity index (χ1) is 7.83. The van der Waals surface area contributed by atoms with Gasteiger partial charge in [-0.1, -0.05) is 6.42 Å². The zero-order chi connectivity index (χ0) is 11.4. The van der Waals surface area contributed by atoms with E-state index in [1.54, 1.807) is 12.4 Å². The number of anilines is 2. The summed E-state index contributed by atoms with van der Waals surface area (Å²) in [5.41, 5.74) is 2.50. The average Bonchev–Trinajstić information content (AvgIpc) is 2.76. The van der Waals surface area contributed by atoms with Crippen LogP contribution in [0, 0.1) is 0 Å². The molecule has 0 amide bonds. The monoisotopic (exact) mass is 239 g/mol. The molecule has 2 unspecified atom stereocenters. The molecule has 0 aromatic carbocycles. The Bertz CT molecular complexity index is 346. The molecule has 4 N–H and O–H groups in total. The topological polar surface area (TPSA) is 75.9 Å². The molecule has 6 heteroatoms. The lowest BCUT2D eigenvalue weighted by molar-refractivity contribution is 0.762. The Morgan fingerprint density at radius 1 is 1.38 bits per heavy atom. The molecule has 0 bridgehead atoms. The Hall–Kier alpha value is -1.01. The van der Waals surface area contributed by atoms with Crippen LogP contribution in [-0.4, -0.2) is 27.5 Å². The highest BCUT2D eigenvalue weighted by molar-refractivity contribution is 7.99. The highest BCUT2D eigenvalue weighted by Gasteiger charge is 2.26. The van der Waals surface area contributed by atoms with Crippen LogP contribution in [0.4, 0.5) is 11.6 Å². The summed E-state index contributed by atoms with van der Waals surface area (Å²) in [5.74, 6) is 6.68. The summed E-state index contributed by atoms with van der Waals surface area (Å²) in [6.07, 6.45) is 9.26. The fourth-order valence-electron chi connectivity index (χ4n) is 2.07. The maximum Gasteiger partial charge on any atom is 0.160 e. The number of hydrogen-bond acceptors (Lipinski definition) is 6. The van der Waals surface area contributed by atoms with E-state index in [9.17, 15) is 0 Å². The number of hydrogen-bond donors (Lipinski definition) is 3. The number of nitrogens with one attached hydrogen (secondary N) is 2. The molecule has 0 aliphatic heterocycles. The maximum atomic E-state index is 5.30. The summed E-state index contributed by atoms with van der Waals surface area (Å²) >= 11 is 1.92. The molecule has 1 fully saturated rings. The Morgan fingerprint density at radius 2 is 2.19 bits per heavy atom. The van der Waals surface area contributed by atoms with Crippen molar-refractivity contribution in [1.82, 2.24) is 9.97 Å². The maximum absolute atomic E-state index is 5.30. The van der Waals surface area contributed by atoms with Gasteiger partial charge >= 0.3 is 0 Å². The molecule has 16 heavy (non-hydrogen) atoms. The van der Waals surface area contributed by atoms with Gasteiger partial charge in [0, 0.05) is 11.3 Å². The first kappa shape index (κ1) is 11.5. The minimum Gasteiger partial charge on any atom is -0.365 e. The summed E-state index contributed by atoms with van der Waals surface area (Å²) < 4.78 is 0. The van der Waals surface area contributed by atoms with Crippen LogP contribution in [-0.2, 0) is 0 Å². The Labute approximate surface area is 99.6 Å². The highest BCUT2D eigenvalue weighted by Crippen LogP contribution is 2.30. The van der Waals surface area contributed by atoms with Crippen LogP contribution in [0.1, 0.15) is 19.3 Å². The molecule has 1 aliphatic carbocycles. The molecule has 1 aromatic rings. The second-order valence-electron chi connectivity index (χ2n) is 3.89. The third-order valence-electron chi connectivity index (χ3n) is 2.87. The summed E-state index contributed by atoms with van der Waals surface area (Å²) in [5, 5.41) is 4.10. The van der Waals surface area contributed by atoms with Crippen molar-refractivity contribution in [3.05, 3.63) is 12.4 Å². The van der Waals surface area contributed by atoms with Crippen molar-refractivity contribution in [2.45, 2.75) is 30.6 Å². The minimum absolute atomic E-state index is 0.498. The minimum atomic E-state index is 0.498. The average molecular weight is 239 g/mol. The molecular formula is C10H17N5S. The smallest absolute Gasteiger partial charge is 0.160 e.